The summed E-state index contributed by atoms with van der Waals surface area (Å²) < 4.78 is 22.3. The van der Waals surface area contributed by atoms with Gasteiger partial charge < -0.3 is 34.1 Å². The van der Waals surface area contributed by atoms with Crippen molar-refractivity contribution in [1.29, 1.82) is 0 Å². The van der Waals surface area contributed by atoms with Crippen molar-refractivity contribution in [3.8, 4) is 17.2 Å². The molecule has 0 aliphatic carbocycles. The molecule has 2 aliphatic heterocycles. The van der Waals surface area contributed by atoms with Crippen LogP contribution in [-0.4, -0.2) is 47.7 Å². The zero-order valence-corrected chi connectivity index (χ0v) is 20.5. The quantitative estimate of drug-likeness (QED) is 0.458. The van der Waals surface area contributed by atoms with Gasteiger partial charge in [-0.1, -0.05) is 6.07 Å². The van der Waals surface area contributed by atoms with Gasteiger partial charge in [-0.2, -0.15) is 0 Å². The highest BCUT2D eigenvalue weighted by Crippen LogP contribution is 2.33. The minimum Gasteiger partial charge on any atom is -0.494 e. The summed E-state index contributed by atoms with van der Waals surface area (Å²) in [6, 6.07) is 13.4. The first-order chi connectivity index (χ1) is 17.1. The summed E-state index contributed by atoms with van der Waals surface area (Å²) >= 11 is 5.77. The van der Waals surface area contributed by atoms with Gasteiger partial charge in [0.2, 0.25) is 6.79 Å². The van der Waals surface area contributed by atoms with Gasteiger partial charge >= 0.3 is 0 Å². The standard InChI is InChI=1S/C26H29N3O5S/c1-2-31-20-6-7-22-18(12-20)11-19(25(30)28-22)15-29(26(35)27-13-21-4-3-9-32-21)14-17-5-8-23-24(10-17)34-16-33-23/h5-8,10-12,21H,2-4,9,13-16H2,1H3,(H,27,35)(H,28,30). The number of thiocarbonyl (C=S) groups is 1. The van der Waals surface area contributed by atoms with E-state index in [0.29, 0.717) is 42.7 Å². The van der Waals surface area contributed by atoms with Crippen molar-refractivity contribution in [3.05, 3.63) is 63.9 Å². The predicted molar refractivity (Wildman–Crippen MR) is 137 cm³/mol. The zero-order valence-electron chi connectivity index (χ0n) is 19.7. The average molecular weight is 496 g/mol. The van der Waals surface area contributed by atoms with E-state index in [4.69, 9.17) is 31.2 Å². The van der Waals surface area contributed by atoms with Crippen LogP contribution in [0.1, 0.15) is 30.9 Å². The molecule has 2 aromatic carbocycles. The van der Waals surface area contributed by atoms with E-state index in [0.717, 1.165) is 47.4 Å². The van der Waals surface area contributed by atoms with E-state index in [1.54, 1.807) is 0 Å². The Balaban J connectivity index is 1.40. The Hall–Kier alpha value is -3.30. The van der Waals surface area contributed by atoms with Crippen molar-refractivity contribution in [3.63, 3.8) is 0 Å². The first-order valence-electron chi connectivity index (χ1n) is 11.9. The number of hydrogen-bond donors (Lipinski definition) is 2. The number of nitrogens with zero attached hydrogens (tertiary/aromatic N) is 1. The Morgan fingerprint density at radius 2 is 2.06 bits per heavy atom. The molecule has 35 heavy (non-hydrogen) atoms. The molecular formula is C26H29N3O5S. The number of pyridine rings is 1. The fraction of sp³-hybridized carbons (Fsp3) is 0.385. The molecule has 1 saturated heterocycles. The molecule has 1 unspecified atom stereocenters. The maximum atomic E-state index is 12.9. The lowest BCUT2D eigenvalue weighted by atomic mass is 10.1. The van der Waals surface area contributed by atoms with Gasteiger partial charge in [-0.05, 0) is 73.9 Å². The molecule has 3 aromatic rings. The van der Waals surface area contributed by atoms with E-state index in [9.17, 15) is 4.79 Å². The van der Waals surface area contributed by atoms with Crippen molar-refractivity contribution >= 4 is 28.2 Å². The number of rotatable bonds is 8. The van der Waals surface area contributed by atoms with Gasteiger partial charge in [0.1, 0.15) is 5.75 Å². The minimum absolute atomic E-state index is 0.140. The maximum Gasteiger partial charge on any atom is 0.253 e. The number of hydrogen-bond acceptors (Lipinski definition) is 6. The second-order valence-corrected chi connectivity index (χ2v) is 9.06. The summed E-state index contributed by atoms with van der Waals surface area (Å²) in [7, 11) is 0. The maximum absolute atomic E-state index is 12.9. The average Bonchev–Trinajstić information content (AvgIpc) is 3.54. The van der Waals surface area contributed by atoms with Crippen molar-refractivity contribution in [2.75, 3.05) is 26.6 Å². The molecule has 0 radical (unpaired) electrons. The molecule has 2 aliphatic rings. The Morgan fingerprint density at radius 1 is 1.17 bits per heavy atom. The van der Waals surface area contributed by atoms with Gasteiger partial charge in [-0.3, -0.25) is 4.79 Å². The summed E-state index contributed by atoms with van der Waals surface area (Å²) in [6.07, 6.45) is 2.24. The number of H-pyrrole nitrogens is 1. The topological polar surface area (TPSA) is 85.1 Å². The van der Waals surface area contributed by atoms with Gasteiger partial charge in [-0.15, -0.1) is 0 Å². The van der Waals surface area contributed by atoms with Gasteiger partial charge in [0, 0.05) is 36.2 Å². The minimum atomic E-state index is -0.140. The van der Waals surface area contributed by atoms with E-state index >= 15 is 0 Å². The molecule has 0 bridgehead atoms. The predicted octanol–water partition coefficient (Wildman–Crippen LogP) is 3.71. The van der Waals surface area contributed by atoms with E-state index in [1.165, 1.54) is 0 Å². The molecule has 1 aromatic heterocycles. The lowest BCUT2D eigenvalue weighted by molar-refractivity contribution is 0.113. The van der Waals surface area contributed by atoms with Crippen LogP contribution in [-0.2, 0) is 17.8 Å². The first-order valence-corrected chi connectivity index (χ1v) is 12.3. The number of aromatic amines is 1. The van der Waals surface area contributed by atoms with Crippen LogP contribution in [0.15, 0.2) is 47.3 Å². The Morgan fingerprint density at radius 3 is 2.89 bits per heavy atom. The molecular weight excluding hydrogens is 466 g/mol. The number of benzene rings is 2. The molecule has 0 saturated carbocycles. The van der Waals surface area contributed by atoms with Gasteiger partial charge in [-0.25, -0.2) is 0 Å². The largest absolute Gasteiger partial charge is 0.494 e. The van der Waals surface area contributed by atoms with Crippen molar-refractivity contribution in [2.45, 2.75) is 39.0 Å². The summed E-state index contributed by atoms with van der Waals surface area (Å²) in [5.74, 6) is 2.21. The third kappa shape index (κ3) is 5.52. The van der Waals surface area contributed by atoms with Crippen LogP contribution in [0.3, 0.4) is 0 Å². The molecule has 1 fully saturated rings. The molecule has 3 heterocycles. The van der Waals surface area contributed by atoms with E-state index in [2.05, 4.69) is 10.3 Å². The second kappa shape index (κ2) is 10.5. The zero-order chi connectivity index (χ0) is 24.2. The van der Waals surface area contributed by atoms with E-state index < -0.39 is 0 Å². The summed E-state index contributed by atoms with van der Waals surface area (Å²) in [4.78, 5) is 17.9. The Labute approximate surface area is 209 Å². The molecule has 8 nitrogen and oxygen atoms in total. The van der Waals surface area contributed by atoms with Crippen LogP contribution in [0.2, 0.25) is 0 Å². The lowest BCUT2D eigenvalue weighted by Gasteiger charge is -2.27. The normalized spacial score (nSPS) is 16.4. The molecule has 2 N–H and O–H groups in total. The van der Waals surface area contributed by atoms with Crippen LogP contribution in [0, 0.1) is 0 Å². The fourth-order valence-electron chi connectivity index (χ4n) is 4.39. The van der Waals surface area contributed by atoms with Crippen LogP contribution < -0.4 is 25.1 Å². The molecule has 184 valence electrons. The molecule has 9 heteroatoms. The van der Waals surface area contributed by atoms with Crippen LogP contribution in [0.4, 0.5) is 0 Å². The highest BCUT2D eigenvalue weighted by molar-refractivity contribution is 7.80. The highest BCUT2D eigenvalue weighted by Gasteiger charge is 2.20. The summed E-state index contributed by atoms with van der Waals surface area (Å²) in [5, 5.41) is 4.82. The third-order valence-electron chi connectivity index (χ3n) is 6.17. The van der Waals surface area contributed by atoms with Crippen molar-refractivity contribution in [1.82, 2.24) is 15.2 Å². The van der Waals surface area contributed by atoms with Gasteiger partial charge in [0.15, 0.2) is 16.6 Å². The smallest absolute Gasteiger partial charge is 0.253 e. The van der Waals surface area contributed by atoms with Crippen molar-refractivity contribution < 1.29 is 18.9 Å². The first kappa shape index (κ1) is 23.4. The van der Waals surface area contributed by atoms with E-state index in [-0.39, 0.29) is 18.5 Å². The summed E-state index contributed by atoms with van der Waals surface area (Å²) in [6.45, 7) is 5.02. The SMILES string of the molecule is CCOc1ccc2[nH]c(=O)c(CN(Cc3ccc4c(c3)OCO4)C(=S)NCC3CCCO3)cc2c1. The molecule has 0 amide bonds. The van der Waals surface area contributed by atoms with Crippen LogP contribution in [0.5, 0.6) is 17.2 Å². The Kier molecular flexibility index (Phi) is 7.06. The van der Waals surface area contributed by atoms with Gasteiger partial charge in [0.25, 0.3) is 5.56 Å². The molecule has 5 rings (SSSR count). The lowest BCUT2D eigenvalue weighted by Crippen LogP contribution is -2.42. The second-order valence-electron chi connectivity index (χ2n) is 8.67. The third-order valence-corrected chi connectivity index (χ3v) is 6.57. The van der Waals surface area contributed by atoms with Crippen LogP contribution >= 0.6 is 12.2 Å². The summed E-state index contributed by atoms with van der Waals surface area (Å²) in [5.41, 5.74) is 2.25. The van der Waals surface area contributed by atoms with Gasteiger partial charge in [0.05, 0.1) is 19.3 Å². The number of fused-ring (bicyclic) bond motifs is 2. The Bertz CT molecular complexity index is 1270. The van der Waals surface area contributed by atoms with Crippen molar-refractivity contribution in [2.24, 2.45) is 0 Å². The van der Waals surface area contributed by atoms with Crippen LogP contribution in [0.25, 0.3) is 10.9 Å². The highest BCUT2D eigenvalue weighted by atomic mass is 32.1. The number of ether oxygens (including phenoxy) is 4. The number of nitrogens with one attached hydrogen (secondary N) is 2. The van der Waals surface area contributed by atoms with E-state index in [1.807, 2.05) is 54.3 Å². The monoisotopic (exact) mass is 495 g/mol. The fourth-order valence-corrected chi connectivity index (χ4v) is 4.60. The molecule has 1 atom stereocenters. The number of aromatic nitrogens is 1. The molecule has 0 spiro atoms.